The number of pyridine rings is 1. The summed E-state index contributed by atoms with van der Waals surface area (Å²) in [5, 5.41) is 3.14. The molecule has 0 saturated heterocycles. The van der Waals surface area contributed by atoms with Crippen LogP contribution in [0.2, 0.25) is 0 Å². The van der Waals surface area contributed by atoms with Gasteiger partial charge in [-0.15, -0.1) is 11.3 Å². The van der Waals surface area contributed by atoms with Crippen LogP contribution in [0.1, 0.15) is 32.1 Å². The van der Waals surface area contributed by atoms with E-state index in [1.807, 2.05) is 45.0 Å². The summed E-state index contributed by atoms with van der Waals surface area (Å²) >= 11 is 1.37. The summed E-state index contributed by atoms with van der Waals surface area (Å²) in [6.07, 6.45) is 1.50. The molecule has 0 fully saturated rings. The second-order valence-electron chi connectivity index (χ2n) is 5.87. The Kier molecular flexibility index (Phi) is 5.18. The molecule has 0 aliphatic heterocycles. The van der Waals surface area contributed by atoms with Crippen molar-refractivity contribution in [3.63, 3.8) is 0 Å². The quantitative estimate of drug-likeness (QED) is 0.750. The van der Waals surface area contributed by atoms with E-state index in [1.54, 1.807) is 6.07 Å². The van der Waals surface area contributed by atoms with E-state index >= 15 is 0 Å². The van der Waals surface area contributed by atoms with Crippen molar-refractivity contribution < 1.29 is 9.63 Å². The summed E-state index contributed by atoms with van der Waals surface area (Å²) in [6.45, 7) is 6.01. The molecule has 0 spiro atoms. The molecule has 6 nitrogen and oxygen atoms in total. The topological polar surface area (TPSA) is 73.2 Å². The molecule has 0 saturated carbocycles. The third kappa shape index (κ3) is 3.83. The summed E-state index contributed by atoms with van der Waals surface area (Å²) in [5.74, 6) is -0.502. The smallest absolute Gasteiger partial charge is 0.295 e. The van der Waals surface area contributed by atoms with E-state index in [0.29, 0.717) is 5.13 Å². The highest BCUT2D eigenvalue weighted by atomic mass is 32.1. The third-order valence-electron chi connectivity index (χ3n) is 4.03. The summed E-state index contributed by atoms with van der Waals surface area (Å²) < 4.78 is 1.08. The van der Waals surface area contributed by atoms with Gasteiger partial charge >= 0.3 is 0 Å². The van der Waals surface area contributed by atoms with Crippen LogP contribution in [-0.4, -0.2) is 15.6 Å². The van der Waals surface area contributed by atoms with Crippen molar-refractivity contribution in [3.8, 4) is 0 Å². The molecule has 0 bridgehead atoms. The van der Waals surface area contributed by atoms with E-state index in [1.165, 1.54) is 23.6 Å². The number of amides is 1. The highest BCUT2D eigenvalue weighted by molar-refractivity contribution is 7.15. The lowest BCUT2D eigenvalue weighted by Crippen LogP contribution is -2.32. The molecule has 3 rings (SSSR count). The Balaban J connectivity index is 1.77. The molecule has 0 atom stereocenters. The number of nitrogens with zero attached hydrogens (tertiary/aromatic N) is 2. The lowest BCUT2D eigenvalue weighted by atomic mass is 10.1. The zero-order valence-corrected chi connectivity index (χ0v) is 15.6. The summed E-state index contributed by atoms with van der Waals surface area (Å²) in [7, 11) is 0. The third-order valence-corrected chi connectivity index (χ3v) is 5.02. The van der Waals surface area contributed by atoms with Crippen molar-refractivity contribution in [1.29, 1.82) is 0 Å². The number of hydrogen-bond acceptors (Lipinski definition) is 5. The number of anilines is 1. The fraction of sp³-hybridized carbons (Fsp3) is 0.211. The van der Waals surface area contributed by atoms with E-state index in [4.69, 9.17) is 4.84 Å². The molecule has 1 N–H and O–H groups in total. The van der Waals surface area contributed by atoms with Gasteiger partial charge < -0.3 is 4.84 Å². The maximum atomic E-state index is 12.5. The van der Waals surface area contributed by atoms with Gasteiger partial charge in [0.25, 0.3) is 11.5 Å². The average Bonchev–Trinajstić information content (AvgIpc) is 2.92. The minimum atomic E-state index is -0.511. The molecule has 0 aliphatic carbocycles. The van der Waals surface area contributed by atoms with E-state index in [0.717, 1.165) is 26.4 Å². The Morgan fingerprint density at radius 3 is 2.65 bits per heavy atom. The van der Waals surface area contributed by atoms with Crippen LogP contribution in [0.25, 0.3) is 0 Å². The van der Waals surface area contributed by atoms with Crippen LogP contribution in [-0.2, 0) is 6.61 Å². The van der Waals surface area contributed by atoms with Crippen molar-refractivity contribution in [2.24, 2.45) is 0 Å². The van der Waals surface area contributed by atoms with Crippen molar-refractivity contribution >= 4 is 22.4 Å². The number of hydrogen-bond donors (Lipinski definition) is 1. The van der Waals surface area contributed by atoms with Crippen molar-refractivity contribution in [2.75, 3.05) is 5.32 Å². The first-order chi connectivity index (χ1) is 12.5. The van der Waals surface area contributed by atoms with Crippen molar-refractivity contribution in [3.05, 3.63) is 80.2 Å². The number of benzene rings is 1. The summed E-state index contributed by atoms with van der Waals surface area (Å²) in [6, 6.07) is 10.8. The van der Waals surface area contributed by atoms with E-state index in [-0.39, 0.29) is 12.2 Å². The van der Waals surface area contributed by atoms with Gasteiger partial charge in [-0.05, 0) is 44.0 Å². The molecule has 7 heteroatoms. The monoisotopic (exact) mass is 369 g/mol. The lowest BCUT2D eigenvalue weighted by Gasteiger charge is -2.11. The largest absolute Gasteiger partial charge is 0.406 e. The molecule has 2 aromatic heterocycles. The second-order valence-corrected chi connectivity index (χ2v) is 7.07. The van der Waals surface area contributed by atoms with Crippen LogP contribution < -0.4 is 15.7 Å². The second kappa shape index (κ2) is 7.53. The number of thiazole rings is 1. The molecule has 0 unspecified atom stereocenters. The predicted molar refractivity (Wildman–Crippen MR) is 102 cm³/mol. The normalized spacial score (nSPS) is 10.6. The van der Waals surface area contributed by atoms with Gasteiger partial charge in [-0.3, -0.25) is 14.9 Å². The molecular weight excluding hydrogens is 350 g/mol. The van der Waals surface area contributed by atoms with Crippen LogP contribution in [0, 0.1) is 20.8 Å². The fourth-order valence-corrected chi connectivity index (χ4v) is 3.16. The average molecular weight is 369 g/mol. The molecule has 1 amide bonds. The molecule has 26 heavy (non-hydrogen) atoms. The number of carbonyl (C=O) groups excluding carboxylic acids is 1. The summed E-state index contributed by atoms with van der Waals surface area (Å²) in [4.78, 5) is 35.8. The van der Waals surface area contributed by atoms with Crippen LogP contribution in [0.4, 0.5) is 5.13 Å². The van der Waals surface area contributed by atoms with Gasteiger partial charge in [0.1, 0.15) is 12.2 Å². The minimum absolute atomic E-state index is 0.00258. The first-order valence-electron chi connectivity index (χ1n) is 8.10. The van der Waals surface area contributed by atoms with Gasteiger partial charge in [0.2, 0.25) is 0 Å². The zero-order chi connectivity index (χ0) is 18.7. The predicted octanol–water partition coefficient (Wildman–Crippen LogP) is 3.11. The maximum absolute atomic E-state index is 12.5. The molecule has 1 aromatic carbocycles. The molecule has 134 valence electrons. The molecule has 0 aliphatic rings. The lowest BCUT2D eigenvalue weighted by molar-refractivity contribution is 0.0861. The Hall–Kier alpha value is -2.93. The van der Waals surface area contributed by atoms with Crippen molar-refractivity contribution in [2.45, 2.75) is 27.4 Å². The zero-order valence-electron chi connectivity index (χ0n) is 14.8. The van der Waals surface area contributed by atoms with E-state index in [9.17, 15) is 9.59 Å². The Bertz CT molecular complexity index is 988. The van der Waals surface area contributed by atoms with E-state index < -0.39 is 11.5 Å². The van der Waals surface area contributed by atoms with E-state index in [2.05, 4.69) is 10.3 Å². The van der Waals surface area contributed by atoms with Crippen molar-refractivity contribution in [1.82, 2.24) is 9.71 Å². The SMILES string of the molecule is Cc1ccccc1COn1cccc(C(=O)Nc2nc(C)c(C)s2)c1=O. The first-order valence-corrected chi connectivity index (χ1v) is 8.92. The number of rotatable bonds is 5. The highest BCUT2D eigenvalue weighted by Gasteiger charge is 2.15. The van der Waals surface area contributed by atoms with Gasteiger partial charge in [-0.25, -0.2) is 4.98 Å². The fourth-order valence-electron chi connectivity index (χ4n) is 2.35. The number of nitrogens with one attached hydrogen (secondary N) is 1. The van der Waals surface area contributed by atoms with Gasteiger partial charge in [0.15, 0.2) is 5.13 Å². The van der Waals surface area contributed by atoms with Crippen LogP contribution in [0.5, 0.6) is 0 Å². The number of aromatic nitrogens is 2. The van der Waals surface area contributed by atoms with Crippen LogP contribution >= 0.6 is 11.3 Å². The first kappa shape index (κ1) is 17.9. The Morgan fingerprint density at radius 2 is 1.96 bits per heavy atom. The Labute approximate surface area is 155 Å². The van der Waals surface area contributed by atoms with Crippen LogP contribution in [0.3, 0.4) is 0 Å². The molecular formula is C19H19N3O3S. The molecule has 2 heterocycles. The number of aryl methyl sites for hydroxylation is 3. The van der Waals surface area contributed by atoms with Gasteiger partial charge in [-0.1, -0.05) is 24.3 Å². The Morgan fingerprint density at radius 1 is 1.19 bits per heavy atom. The highest BCUT2D eigenvalue weighted by Crippen LogP contribution is 2.21. The standard InChI is InChI=1S/C19H19N3O3S/c1-12-7-4-5-8-15(12)11-25-22-10-6-9-16(18(22)24)17(23)21-19-20-13(2)14(3)26-19/h4-10H,11H2,1-3H3,(H,20,21,23). The molecule has 3 aromatic rings. The van der Waals surface area contributed by atoms with Crippen LogP contribution in [0.15, 0.2) is 47.4 Å². The maximum Gasteiger partial charge on any atom is 0.295 e. The molecule has 0 radical (unpaired) electrons. The van der Waals surface area contributed by atoms with Gasteiger partial charge in [-0.2, -0.15) is 4.73 Å². The minimum Gasteiger partial charge on any atom is -0.406 e. The van der Waals surface area contributed by atoms with Gasteiger partial charge in [0, 0.05) is 11.1 Å². The number of carbonyl (C=O) groups is 1. The summed E-state index contributed by atoms with van der Waals surface area (Å²) in [5.41, 5.74) is 2.40. The van der Waals surface area contributed by atoms with Gasteiger partial charge in [0.05, 0.1) is 5.69 Å².